The molecule has 7 heteroatoms. The van der Waals surface area contributed by atoms with Crippen molar-refractivity contribution in [2.24, 2.45) is 0 Å². The van der Waals surface area contributed by atoms with Gasteiger partial charge in [-0.2, -0.15) is 13.2 Å². The fourth-order valence-corrected chi connectivity index (χ4v) is 2.60. The largest absolute Gasteiger partial charge is 0.416 e. The van der Waals surface area contributed by atoms with Crippen LogP contribution >= 0.6 is 0 Å². The lowest BCUT2D eigenvalue weighted by molar-refractivity contribution is -0.137. The number of aromatic nitrogens is 2. The average Bonchev–Trinajstić information content (AvgIpc) is 3.03. The third kappa shape index (κ3) is 4.11. The molecule has 2 aromatic carbocycles. The van der Waals surface area contributed by atoms with Crippen molar-refractivity contribution in [3.8, 4) is 11.4 Å². The van der Waals surface area contributed by atoms with Gasteiger partial charge in [0, 0.05) is 37.1 Å². The molecule has 1 amide bonds. The summed E-state index contributed by atoms with van der Waals surface area (Å²) in [4.78, 5) is 15.4. The standard InChI is InChI=1S/C19H16F3N3O/c1-13(26)24-17-8-4-15(5-9-17)18-23-10-11-25(18)12-14-2-6-16(7-3-14)19(20,21)22/h2-11H,12H2,1H3,(H,24,26). The average molecular weight is 359 g/mol. The van der Waals surface area contributed by atoms with Crippen LogP contribution in [0.4, 0.5) is 18.9 Å². The van der Waals surface area contributed by atoms with Gasteiger partial charge >= 0.3 is 6.18 Å². The molecule has 0 spiro atoms. The summed E-state index contributed by atoms with van der Waals surface area (Å²) in [6.07, 6.45) is -0.926. The van der Waals surface area contributed by atoms with Gasteiger partial charge in [0.05, 0.1) is 5.56 Å². The number of rotatable bonds is 4. The van der Waals surface area contributed by atoms with Crippen LogP contribution in [0.25, 0.3) is 11.4 Å². The molecule has 0 unspecified atom stereocenters. The second-order valence-corrected chi connectivity index (χ2v) is 5.83. The first-order valence-electron chi connectivity index (χ1n) is 7.88. The topological polar surface area (TPSA) is 46.9 Å². The maximum Gasteiger partial charge on any atom is 0.416 e. The molecule has 1 N–H and O–H groups in total. The number of imidazole rings is 1. The van der Waals surface area contributed by atoms with E-state index in [1.54, 1.807) is 24.5 Å². The van der Waals surface area contributed by atoms with Gasteiger partial charge in [-0.05, 0) is 42.0 Å². The predicted molar refractivity (Wildman–Crippen MR) is 92.5 cm³/mol. The molecule has 0 atom stereocenters. The first kappa shape index (κ1) is 17.7. The van der Waals surface area contributed by atoms with Crippen molar-refractivity contribution in [2.45, 2.75) is 19.6 Å². The van der Waals surface area contributed by atoms with Gasteiger partial charge in [0.25, 0.3) is 0 Å². The minimum absolute atomic E-state index is 0.151. The van der Waals surface area contributed by atoms with Gasteiger partial charge in [-0.3, -0.25) is 4.79 Å². The van der Waals surface area contributed by atoms with Crippen LogP contribution in [0.15, 0.2) is 60.9 Å². The Hall–Kier alpha value is -3.09. The van der Waals surface area contributed by atoms with Crippen molar-refractivity contribution in [2.75, 3.05) is 5.32 Å². The van der Waals surface area contributed by atoms with Gasteiger partial charge in [0.15, 0.2) is 0 Å². The minimum Gasteiger partial charge on any atom is -0.327 e. The van der Waals surface area contributed by atoms with Crippen LogP contribution in [0, 0.1) is 0 Å². The zero-order chi connectivity index (χ0) is 18.7. The third-order valence-electron chi connectivity index (χ3n) is 3.81. The molecule has 0 aliphatic heterocycles. The number of benzene rings is 2. The Labute approximate surface area is 148 Å². The van der Waals surface area contributed by atoms with Gasteiger partial charge in [-0.1, -0.05) is 12.1 Å². The number of amides is 1. The van der Waals surface area contributed by atoms with E-state index in [0.717, 1.165) is 23.3 Å². The van der Waals surface area contributed by atoms with Crippen LogP contribution in [0.2, 0.25) is 0 Å². The Bertz CT molecular complexity index is 897. The van der Waals surface area contributed by atoms with Crippen LogP contribution in [0.1, 0.15) is 18.1 Å². The summed E-state index contributed by atoms with van der Waals surface area (Å²) in [6, 6.07) is 12.3. The smallest absolute Gasteiger partial charge is 0.327 e. The Morgan fingerprint density at radius 2 is 1.73 bits per heavy atom. The molecule has 0 aliphatic carbocycles. The van der Waals surface area contributed by atoms with Crippen molar-refractivity contribution in [1.29, 1.82) is 0 Å². The number of carbonyl (C=O) groups is 1. The number of nitrogens with one attached hydrogen (secondary N) is 1. The summed E-state index contributed by atoms with van der Waals surface area (Å²) < 4.78 is 39.8. The Kier molecular flexibility index (Phi) is 4.79. The first-order valence-corrected chi connectivity index (χ1v) is 7.88. The van der Waals surface area contributed by atoms with Crippen molar-refractivity contribution in [3.63, 3.8) is 0 Å². The number of anilines is 1. The molecular weight excluding hydrogens is 343 g/mol. The lowest BCUT2D eigenvalue weighted by Gasteiger charge is -2.11. The maximum absolute atomic E-state index is 12.7. The Morgan fingerprint density at radius 3 is 2.31 bits per heavy atom. The van der Waals surface area contributed by atoms with Gasteiger partial charge in [0.1, 0.15) is 5.82 Å². The number of carbonyl (C=O) groups excluding carboxylic acids is 1. The summed E-state index contributed by atoms with van der Waals surface area (Å²) in [5, 5.41) is 2.69. The predicted octanol–water partition coefficient (Wildman–Crippen LogP) is 4.58. The normalized spacial score (nSPS) is 11.4. The maximum atomic E-state index is 12.7. The first-order chi connectivity index (χ1) is 12.3. The van der Waals surface area contributed by atoms with E-state index in [2.05, 4.69) is 10.3 Å². The molecular formula is C19H16F3N3O. The molecule has 1 heterocycles. The molecule has 0 saturated carbocycles. The van der Waals surface area contributed by atoms with Crippen LogP contribution in [0.3, 0.4) is 0 Å². The van der Waals surface area contributed by atoms with Crippen LogP contribution in [-0.2, 0) is 17.5 Å². The van der Waals surface area contributed by atoms with Crippen LogP contribution < -0.4 is 5.32 Å². The molecule has 0 aliphatic rings. The summed E-state index contributed by atoms with van der Waals surface area (Å²) >= 11 is 0. The van der Waals surface area contributed by atoms with E-state index in [0.29, 0.717) is 18.1 Å². The molecule has 3 rings (SSSR count). The summed E-state index contributed by atoms with van der Waals surface area (Å²) in [5.74, 6) is 0.542. The SMILES string of the molecule is CC(=O)Nc1ccc(-c2nccn2Cc2ccc(C(F)(F)F)cc2)cc1. The van der Waals surface area contributed by atoms with Gasteiger partial charge in [-0.25, -0.2) is 4.98 Å². The third-order valence-corrected chi connectivity index (χ3v) is 3.81. The molecule has 0 bridgehead atoms. The summed E-state index contributed by atoms with van der Waals surface area (Å²) in [6.45, 7) is 1.84. The van der Waals surface area contributed by atoms with E-state index in [4.69, 9.17) is 0 Å². The summed E-state index contributed by atoms with van der Waals surface area (Å²) in [5.41, 5.74) is 1.60. The highest BCUT2D eigenvalue weighted by molar-refractivity contribution is 5.88. The van der Waals surface area contributed by atoms with Crippen LogP contribution in [0.5, 0.6) is 0 Å². The number of nitrogens with zero attached hydrogens (tertiary/aromatic N) is 2. The quantitative estimate of drug-likeness (QED) is 0.741. The fraction of sp³-hybridized carbons (Fsp3) is 0.158. The Morgan fingerprint density at radius 1 is 1.08 bits per heavy atom. The Balaban J connectivity index is 1.79. The van der Waals surface area contributed by atoms with Crippen molar-refractivity contribution >= 4 is 11.6 Å². The number of hydrogen-bond donors (Lipinski definition) is 1. The highest BCUT2D eigenvalue weighted by atomic mass is 19.4. The van der Waals surface area contributed by atoms with Crippen molar-refractivity contribution in [3.05, 3.63) is 72.1 Å². The molecule has 134 valence electrons. The lowest BCUT2D eigenvalue weighted by Crippen LogP contribution is -2.06. The zero-order valence-electron chi connectivity index (χ0n) is 13.9. The van der Waals surface area contributed by atoms with Gasteiger partial charge in [-0.15, -0.1) is 0 Å². The molecule has 1 aromatic heterocycles. The number of hydrogen-bond acceptors (Lipinski definition) is 2. The second-order valence-electron chi connectivity index (χ2n) is 5.83. The van der Waals surface area contributed by atoms with E-state index >= 15 is 0 Å². The molecule has 0 fully saturated rings. The van der Waals surface area contributed by atoms with E-state index in [1.165, 1.54) is 19.1 Å². The minimum atomic E-state index is -4.34. The fourth-order valence-electron chi connectivity index (χ4n) is 2.60. The monoisotopic (exact) mass is 359 g/mol. The molecule has 4 nitrogen and oxygen atoms in total. The number of alkyl halides is 3. The van der Waals surface area contributed by atoms with E-state index < -0.39 is 11.7 Å². The molecule has 26 heavy (non-hydrogen) atoms. The van der Waals surface area contributed by atoms with E-state index in [9.17, 15) is 18.0 Å². The van der Waals surface area contributed by atoms with Crippen molar-refractivity contribution < 1.29 is 18.0 Å². The molecule has 0 radical (unpaired) electrons. The highest BCUT2D eigenvalue weighted by Gasteiger charge is 2.29. The van der Waals surface area contributed by atoms with Crippen molar-refractivity contribution in [1.82, 2.24) is 9.55 Å². The molecule has 3 aromatic rings. The van der Waals surface area contributed by atoms with E-state index in [1.807, 2.05) is 16.7 Å². The van der Waals surface area contributed by atoms with E-state index in [-0.39, 0.29) is 5.91 Å². The van der Waals surface area contributed by atoms with Gasteiger partial charge in [0.2, 0.25) is 5.91 Å². The zero-order valence-corrected chi connectivity index (χ0v) is 13.9. The summed E-state index contributed by atoms with van der Waals surface area (Å²) in [7, 11) is 0. The van der Waals surface area contributed by atoms with Gasteiger partial charge < -0.3 is 9.88 Å². The van der Waals surface area contributed by atoms with Crippen LogP contribution in [-0.4, -0.2) is 15.5 Å². The second kappa shape index (κ2) is 7.03. The number of halogens is 3. The highest BCUT2D eigenvalue weighted by Crippen LogP contribution is 2.29. The lowest BCUT2D eigenvalue weighted by atomic mass is 10.1. The molecule has 0 saturated heterocycles.